The van der Waals surface area contributed by atoms with Crippen LogP contribution in [0.5, 0.6) is 0 Å². The average molecular weight is 904 g/mol. The lowest BCUT2D eigenvalue weighted by molar-refractivity contribution is -0.163. The van der Waals surface area contributed by atoms with Gasteiger partial charge in [-0.1, -0.05) is 0 Å². The molecule has 1 unspecified atom stereocenters. The predicted octanol–water partition coefficient (Wildman–Crippen LogP) is 6.26. The van der Waals surface area contributed by atoms with Crippen LogP contribution in [0.2, 0.25) is 0 Å². The summed E-state index contributed by atoms with van der Waals surface area (Å²) in [6.45, 7) is 33.0. The van der Waals surface area contributed by atoms with Crippen LogP contribution in [0.4, 0.5) is 0 Å². The van der Waals surface area contributed by atoms with E-state index in [2.05, 4.69) is 10.7 Å². The van der Waals surface area contributed by atoms with E-state index in [0.29, 0.717) is 0 Å². The number of rotatable bonds is 25. The van der Waals surface area contributed by atoms with E-state index in [1.54, 1.807) is 119 Å². The molecule has 0 N–H and O–H groups in total. The SMILES string of the molecule is CC(C)N(C(C)C)P(OCCC#N)OC[C@@H](CN(CCN(CC(=O)OC(C)(C)C)CC(=O)OC(C)(C)C)CC(=O)OC(C)(C)C)N(CC(=O)OC(C)(C)C)CC(=O)OC(C)(C)C. The van der Waals surface area contributed by atoms with E-state index < -0.39 is 72.4 Å². The molecule has 0 aromatic rings. The van der Waals surface area contributed by atoms with Gasteiger partial charge in [-0.15, -0.1) is 0 Å². The van der Waals surface area contributed by atoms with E-state index in [9.17, 15) is 29.2 Å². The van der Waals surface area contributed by atoms with E-state index in [-0.39, 0.29) is 84.1 Å². The van der Waals surface area contributed by atoms with Crippen molar-refractivity contribution >= 4 is 38.4 Å². The molecule has 0 fully saturated rings. The summed E-state index contributed by atoms with van der Waals surface area (Å²) in [4.78, 5) is 72.0. The molecule has 0 aromatic heterocycles. The monoisotopic (exact) mass is 904 g/mol. The quantitative estimate of drug-likeness (QED) is 0.0432. The number of hydrogen-bond acceptors (Lipinski definition) is 17. The van der Waals surface area contributed by atoms with Gasteiger partial charge in [0, 0.05) is 37.8 Å². The zero-order valence-electron chi connectivity index (χ0n) is 41.6. The number of esters is 5. The van der Waals surface area contributed by atoms with Gasteiger partial charge < -0.3 is 32.7 Å². The van der Waals surface area contributed by atoms with E-state index in [4.69, 9.17) is 32.7 Å². The van der Waals surface area contributed by atoms with Crippen LogP contribution in [-0.4, -0.2) is 161 Å². The molecule has 360 valence electrons. The van der Waals surface area contributed by atoms with Crippen LogP contribution in [0.25, 0.3) is 0 Å². The molecule has 0 saturated heterocycles. The van der Waals surface area contributed by atoms with Gasteiger partial charge in [0.05, 0.1) is 58.4 Å². The van der Waals surface area contributed by atoms with Crippen molar-refractivity contribution in [1.82, 2.24) is 19.4 Å². The molecular weight excluding hydrogens is 821 g/mol. The standard InChI is InChI=1S/C44H82N5O12P/c1-32(2)49(33(3)4)62(55-24-20-21-45)56-31-34(48(29-38(53)60-43(14,15)16)30-39(54)61-44(17,18)19)25-46(26-35(50)57-40(5,6)7)22-23-47(27-36(51)58-41(8,9)10)28-37(52)59-42(11,12)13/h32-34H,20,22-31H2,1-19H3/t34-,62?/m1/s1. The van der Waals surface area contributed by atoms with Gasteiger partial charge in [0.2, 0.25) is 0 Å². The first-order chi connectivity index (χ1) is 28.0. The molecule has 0 rings (SSSR count). The highest BCUT2D eigenvalue weighted by Gasteiger charge is 2.35. The second-order valence-electron chi connectivity index (χ2n) is 20.8. The van der Waals surface area contributed by atoms with Gasteiger partial charge in [-0.05, 0) is 132 Å². The summed E-state index contributed by atoms with van der Waals surface area (Å²) in [6.07, 6.45) is 0.131. The lowest BCUT2D eigenvalue weighted by Gasteiger charge is -2.39. The Morgan fingerprint density at radius 1 is 0.516 bits per heavy atom. The lowest BCUT2D eigenvalue weighted by atomic mass is 10.2. The van der Waals surface area contributed by atoms with Crippen molar-refractivity contribution in [2.45, 2.75) is 184 Å². The highest BCUT2D eigenvalue weighted by Crippen LogP contribution is 2.46. The van der Waals surface area contributed by atoms with Gasteiger partial charge in [-0.3, -0.25) is 38.7 Å². The third-order valence-electron chi connectivity index (χ3n) is 7.58. The highest BCUT2D eigenvalue weighted by molar-refractivity contribution is 7.44. The van der Waals surface area contributed by atoms with Gasteiger partial charge in [0.15, 0.2) is 0 Å². The Bertz CT molecular complexity index is 1380. The number of carbonyl (C=O) groups is 5. The van der Waals surface area contributed by atoms with Crippen molar-refractivity contribution in [1.29, 1.82) is 5.26 Å². The summed E-state index contributed by atoms with van der Waals surface area (Å²) in [5.41, 5.74) is -4.07. The van der Waals surface area contributed by atoms with Crippen LogP contribution in [0, 0.1) is 11.3 Å². The highest BCUT2D eigenvalue weighted by atomic mass is 31.2. The Labute approximate surface area is 374 Å². The first-order valence-corrected chi connectivity index (χ1v) is 22.6. The molecule has 0 saturated carbocycles. The minimum atomic E-state index is -1.78. The van der Waals surface area contributed by atoms with Crippen LogP contribution >= 0.6 is 8.53 Å². The molecule has 0 aliphatic carbocycles. The fraction of sp³-hybridized carbons (Fsp3) is 0.864. The molecule has 0 aliphatic heterocycles. The maximum Gasteiger partial charge on any atom is 0.320 e. The number of hydrogen-bond donors (Lipinski definition) is 0. The maximum atomic E-state index is 13.6. The Morgan fingerprint density at radius 2 is 0.839 bits per heavy atom. The van der Waals surface area contributed by atoms with Crippen molar-refractivity contribution in [3.05, 3.63) is 0 Å². The zero-order chi connectivity index (χ0) is 48.4. The molecular formula is C44H82N5O12P. The average Bonchev–Trinajstić information content (AvgIpc) is 2.99. The van der Waals surface area contributed by atoms with E-state index in [0.717, 1.165) is 0 Å². The summed E-state index contributed by atoms with van der Waals surface area (Å²) in [5, 5.41) is 9.31. The fourth-order valence-corrected chi connectivity index (χ4v) is 7.47. The Morgan fingerprint density at radius 3 is 1.16 bits per heavy atom. The second kappa shape index (κ2) is 26.1. The van der Waals surface area contributed by atoms with Crippen LogP contribution in [0.15, 0.2) is 0 Å². The molecule has 0 radical (unpaired) electrons. The maximum absolute atomic E-state index is 13.6. The first kappa shape index (κ1) is 59.0. The molecule has 0 aromatic carbocycles. The van der Waals surface area contributed by atoms with Crippen LogP contribution < -0.4 is 0 Å². The summed E-state index contributed by atoms with van der Waals surface area (Å²) in [5.74, 6) is -2.89. The third-order valence-corrected chi connectivity index (χ3v) is 9.65. The van der Waals surface area contributed by atoms with Gasteiger partial charge in [-0.25, -0.2) is 4.67 Å². The largest absolute Gasteiger partial charge is 0.459 e. The Kier molecular flexibility index (Phi) is 24.9. The smallest absolute Gasteiger partial charge is 0.320 e. The molecule has 0 amide bonds. The van der Waals surface area contributed by atoms with Gasteiger partial charge >= 0.3 is 29.8 Å². The van der Waals surface area contributed by atoms with Crippen molar-refractivity contribution in [3.8, 4) is 6.07 Å². The number of nitriles is 1. The Balaban J connectivity index is 7.49. The van der Waals surface area contributed by atoms with Crippen LogP contribution in [0.3, 0.4) is 0 Å². The lowest BCUT2D eigenvalue weighted by Crippen LogP contribution is -2.53. The predicted molar refractivity (Wildman–Crippen MR) is 239 cm³/mol. The molecule has 2 atom stereocenters. The summed E-state index contributed by atoms with van der Waals surface area (Å²) in [6, 6.07) is 1.26. The normalized spacial score (nSPS) is 14.0. The van der Waals surface area contributed by atoms with Crippen molar-refractivity contribution < 1.29 is 56.7 Å². The van der Waals surface area contributed by atoms with Gasteiger partial charge in [0.1, 0.15) is 28.0 Å². The minimum absolute atomic E-state index is 0.0162. The van der Waals surface area contributed by atoms with E-state index >= 15 is 0 Å². The summed E-state index contributed by atoms with van der Waals surface area (Å²) < 4.78 is 43.3. The van der Waals surface area contributed by atoms with Crippen molar-refractivity contribution in [3.63, 3.8) is 0 Å². The van der Waals surface area contributed by atoms with Crippen molar-refractivity contribution in [2.24, 2.45) is 0 Å². The molecule has 0 heterocycles. The summed E-state index contributed by atoms with van der Waals surface area (Å²) in [7, 11) is -1.78. The topological polar surface area (TPSA) is 187 Å². The van der Waals surface area contributed by atoms with Gasteiger partial charge in [-0.2, -0.15) is 5.26 Å². The fourth-order valence-electron chi connectivity index (χ4n) is 5.83. The van der Waals surface area contributed by atoms with Gasteiger partial charge in [0.25, 0.3) is 8.53 Å². The van der Waals surface area contributed by atoms with Crippen LogP contribution in [-0.2, 0) is 56.7 Å². The van der Waals surface area contributed by atoms with E-state index in [1.807, 2.05) is 27.7 Å². The second-order valence-corrected chi connectivity index (χ2v) is 22.2. The molecule has 0 aliphatic rings. The molecule has 17 nitrogen and oxygen atoms in total. The van der Waals surface area contributed by atoms with Crippen LogP contribution in [0.1, 0.15) is 138 Å². The first-order valence-electron chi connectivity index (χ1n) is 21.5. The molecule has 62 heavy (non-hydrogen) atoms. The molecule has 18 heteroatoms. The zero-order valence-corrected chi connectivity index (χ0v) is 42.5. The third kappa shape index (κ3) is 30.2. The Hall–Kier alpha value is -2.97. The molecule has 0 spiro atoms. The number of ether oxygens (including phenoxy) is 5. The minimum Gasteiger partial charge on any atom is -0.459 e. The summed E-state index contributed by atoms with van der Waals surface area (Å²) >= 11 is 0. The number of carbonyl (C=O) groups excluding carboxylic acids is 5. The molecule has 0 bridgehead atoms. The number of nitrogens with zero attached hydrogens (tertiary/aromatic N) is 5. The van der Waals surface area contributed by atoms with Crippen molar-refractivity contribution in [2.75, 3.05) is 65.6 Å². The van der Waals surface area contributed by atoms with E-state index in [1.165, 1.54) is 0 Å².